The highest BCUT2D eigenvalue weighted by molar-refractivity contribution is 5.90. The Morgan fingerprint density at radius 1 is 1.12 bits per heavy atom. The van der Waals surface area contributed by atoms with Gasteiger partial charge in [-0.25, -0.2) is 4.79 Å². The summed E-state index contributed by atoms with van der Waals surface area (Å²) in [5, 5.41) is 0. The third-order valence-corrected chi connectivity index (χ3v) is 3.44. The summed E-state index contributed by atoms with van der Waals surface area (Å²) in [5.41, 5.74) is 3.08. The van der Waals surface area contributed by atoms with Crippen LogP contribution in [-0.2, 0) is 4.74 Å². The highest BCUT2D eigenvalue weighted by atomic mass is 16.5. The van der Waals surface area contributed by atoms with Gasteiger partial charge in [-0.3, -0.25) is 0 Å². The minimum Gasteiger partial charge on any atom is -0.493 e. The van der Waals surface area contributed by atoms with Crippen LogP contribution in [0.2, 0.25) is 0 Å². The zero-order chi connectivity index (χ0) is 17.9. The van der Waals surface area contributed by atoms with Gasteiger partial charge in [-0.2, -0.15) is 0 Å². The number of ether oxygens (including phenoxy) is 3. The number of benzene rings is 1. The summed E-state index contributed by atoms with van der Waals surface area (Å²) in [6.07, 6.45) is 6.36. The number of carbonyl (C=O) groups excluding carboxylic acids is 1. The molecule has 0 aliphatic rings. The minimum absolute atomic E-state index is 0.343. The van der Waals surface area contributed by atoms with Gasteiger partial charge in [-0.1, -0.05) is 17.2 Å². The lowest BCUT2D eigenvalue weighted by Crippen LogP contribution is -2.05. The molecule has 0 saturated carbocycles. The topological polar surface area (TPSA) is 44.8 Å². The molecular weight excluding hydrogens is 304 g/mol. The number of methoxy groups -OCH3 is 1. The van der Waals surface area contributed by atoms with Gasteiger partial charge in [0.05, 0.1) is 19.3 Å². The lowest BCUT2D eigenvalue weighted by molar-refractivity contribution is 0.0526. The molecule has 0 spiro atoms. The van der Waals surface area contributed by atoms with Crippen LogP contribution in [0.25, 0.3) is 0 Å². The van der Waals surface area contributed by atoms with Crippen molar-refractivity contribution in [1.82, 2.24) is 0 Å². The standard InChI is InChI=1S/C20H28O4/c1-6-23-20(21)17-10-11-18(19(14-17)22-5)24-13-12-16(4)9-7-8-15(2)3/h8,10-12,14H,6-7,9,13H2,1-5H3. The SMILES string of the molecule is CCOC(=O)c1ccc(OCC=C(C)CCC=C(C)C)c(OC)c1. The number of hydrogen-bond acceptors (Lipinski definition) is 4. The molecule has 0 amide bonds. The van der Waals surface area contributed by atoms with Gasteiger partial charge in [-0.15, -0.1) is 0 Å². The number of esters is 1. The van der Waals surface area contributed by atoms with E-state index >= 15 is 0 Å². The highest BCUT2D eigenvalue weighted by Gasteiger charge is 2.11. The number of rotatable bonds is 9. The molecule has 4 heteroatoms. The predicted molar refractivity (Wildman–Crippen MR) is 96.9 cm³/mol. The van der Waals surface area contributed by atoms with Crippen molar-refractivity contribution in [2.24, 2.45) is 0 Å². The molecule has 0 N–H and O–H groups in total. The first-order chi connectivity index (χ1) is 11.5. The second kappa shape index (κ2) is 10.5. The highest BCUT2D eigenvalue weighted by Crippen LogP contribution is 2.28. The molecule has 0 heterocycles. The average Bonchev–Trinajstić information content (AvgIpc) is 2.54. The Labute approximate surface area is 145 Å². The molecular formula is C20H28O4. The van der Waals surface area contributed by atoms with E-state index < -0.39 is 0 Å². The van der Waals surface area contributed by atoms with Crippen molar-refractivity contribution >= 4 is 5.97 Å². The van der Waals surface area contributed by atoms with Gasteiger partial charge in [-0.05, 0) is 64.8 Å². The normalized spacial score (nSPS) is 11.0. The van der Waals surface area contributed by atoms with Crippen LogP contribution >= 0.6 is 0 Å². The summed E-state index contributed by atoms with van der Waals surface area (Å²) in [7, 11) is 1.55. The Morgan fingerprint density at radius 2 is 1.88 bits per heavy atom. The van der Waals surface area contributed by atoms with E-state index in [0.717, 1.165) is 12.8 Å². The molecule has 0 aromatic heterocycles. The van der Waals surface area contributed by atoms with Crippen LogP contribution in [0.15, 0.2) is 41.5 Å². The van der Waals surface area contributed by atoms with Crippen LogP contribution in [0.3, 0.4) is 0 Å². The molecule has 0 fully saturated rings. The van der Waals surface area contributed by atoms with Crippen LogP contribution in [-0.4, -0.2) is 26.3 Å². The van der Waals surface area contributed by atoms with Gasteiger partial charge in [0.2, 0.25) is 0 Å². The Balaban J connectivity index is 2.64. The van der Waals surface area contributed by atoms with E-state index in [0.29, 0.717) is 30.3 Å². The molecule has 24 heavy (non-hydrogen) atoms. The summed E-state index contributed by atoms with van der Waals surface area (Å²) in [6, 6.07) is 5.05. The molecule has 0 aliphatic heterocycles. The minimum atomic E-state index is -0.364. The first-order valence-electron chi connectivity index (χ1n) is 8.24. The number of carbonyl (C=O) groups is 1. The quantitative estimate of drug-likeness (QED) is 0.474. The zero-order valence-electron chi connectivity index (χ0n) is 15.3. The maximum Gasteiger partial charge on any atom is 0.338 e. The third-order valence-electron chi connectivity index (χ3n) is 3.44. The molecule has 0 atom stereocenters. The molecule has 0 bridgehead atoms. The molecule has 0 aliphatic carbocycles. The number of hydrogen-bond donors (Lipinski definition) is 0. The summed E-state index contributed by atoms with van der Waals surface area (Å²) < 4.78 is 16.0. The summed E-state index contributed by atoms with van der Waals surface area (Å²) in [4.78, 5) is 11.7. The molecule has 0 radical (unpaired) electrons. The van der Waals surface area contributed by atoms with E-state index in [-0.39, 0.29) is 5.97 Å². The Morgan fingerprint density at radius 3 is 2.50 bits per heavy atom. The van der Waals surface area contributed by atoms with E-state index in [1.807, 2.05) is 0 Å². The van der Waals surface area contributed by atoms with E-state index in [2.05, 4.69) is 32.9 Å². The summed E-state index contributed by atoms with van der Waals surface area (Å²) in [5.74, 6) is 0.771. The largest absolute Gasteiger partial charge is 0.493 e. The summed E-state index contributed by atoms with van der Waals surface area (Å²) >= 11 is 0. The molecule has 0 saturated heterocycles. The fourth-order valence-corrected chi connectivity index (χ4v) is 2.09. The smallest absolute Gasteiger partial charge is 0.338 e. The van der Waals surface area contributed by atoms with Crippen LogP contribution in [0, 0.1) is 0 Å². The van der Waals surface area contributed by atoms with Crippen molar-refractivity contribution in [2.45, 2.75) is 40.5 Å². The van der Waals surface area contributed by atoms with Crippen LogP contribution in [0.5, 0.6) is 11.5 Å². The second-order valence-corrected chi connectivity index (χ2v) is 5.77. The third kappa shape index (κ3) is 6.90. The van der Waals surface area contributed by atoms with Crippen molar-refractivity contribution in [3.8, 4) is 11.5 Å². The maximum atomic E-state index is 11.7. The van der Waals surface area contributed by atoms with E-state index in [1.54, 1.807) is 32.2 Å². The molecule has 0 unspecified atom stereocenters. The second-order valence-electron chi connectivity index (χ2n) is 5.77. The Kier molecular flexibility index (Phi) is 8.69. The maximum absolute atomic E-state index is 11.7. The monoisotopic (exact) mass is 332 g/mol. The average molecular weight is 332 g/mol. The van der Waals surface area contributed by atoms with Crippen LogP contribution < -0.4 is 9.47 Å². The lowest BCUT2D eigenvalue weighted by atomic mass is 10.1. The van der Waals surface area contributed by atoms with Gasteiger partial charge in [0.25, 0.3) is 0 Å². The Bertz CT molecular complexity index is 596. The molecule has 1 rings (SSSR count). The van der Waals surface area contributed by atoms with Crippen molar-refractivity contribution < 1.29 is 19.0 Å². The van der Waals surface area contributed by atoms with Crippen molar-refractivity contribution in [3.05, 3.63) is 47.1 Å². The van der Waals surface area contributed by atoms with Gasteiger partial charge < -0.3 is 14.2 Å². The lowest BCUT2D eigenvalue weighted by Gasteiger charge is -2.11. The van der Waals surface area contributed by atoms with Gasteiger partial charge in [0, 0.05) is 0 Å². The molecule has 4 nitrogen and oxygen atoms in total. The fraction of sp³-hybridized carbons (Fsp3) is 0.450. The van der Waals surface area contributed by atoms with Crippen molar-refractivity contribution in [2.75, 3.05) is 20.3 Å². The van der Waals surface area contributed by atoms with E-state index in [1.165, 1.54) is 11.1 Å². The van der Waals surface area contributed by atoms with Gasteiger partial charge in [0.15, 0.2) is 11.5 Å². The zero-order valence-corrected chi connectivity index (χ0v) is 15.3. The van der Waals surface area contributed by atoms with Crippen LogP contribution in [0.1, 0.15) is 50.9 Å². The summed E-state index contributed by atoms with van der Waals surface area (Å²) in [6.45, 7) is 8.90. The van der Waals surface area contributed by atoms with Crippen molar-refractivity contribution in [1.29, 1.82) is 0 Å². The molecule has 132 valence electrons. The fourth-order valence-electron chi connectivity index (χ4n) is 2.09. The van der Waals surface area contributed by atoms with Crippen molar-refractivity contribution in [3.63, 3.8) is 0 Å². The first-order valence-corrected chi connectivity index (χ1v) is 8.24. The Hall–Kier alpha value is -2.23. The van der Waals surface area contributed by atoms with E-state index in [4.69, 9.17) is 14.2 Å². The van der Waals surface area contributed by atoms with Gasteiger partial charge >= 0.3 is 5.97 Å². The number of allylic oxidation sites excluding steroid dienone is 3. The van der Waals surface area contributed by atoms with Crippen LogP contribution in [0.4, 0.5) is 0 Å². The molecule has 1 aromatic rings. The molecule has 1 aromatic carbocycles. The first kappa shape index (κ1) is 19.8. The predicted octanol–water partition coefficient (Wildman–Crippen LogP) is 4.94. The van der Waals surface area contributed by atoms with Gasteiger partial charge in [0.1, 0.15) is 6.61 Å². The van der Waals surface area contributed by atoms with E-state index in [9.17, 15) is 4.79 Å².